The van der Waals surface area contributed by atoms with Crippen molar-refractivity contribution in [3.63, 3.8) is 0 Å². The minimum absolute atomic E-state index is 0.0653. The molecule has 0 amide bonds. The van der Waals surface area contributed by atoms with Gasteiger partial charge >= 0.3 is 7.12 Å². The minimum Gasteiger partial charge on any atom is -0.423 e. The fourth-order valence-electron chi connectivity index (χ4n) is 1.93. The fourth-order valence-corrected chi connectivity index (χ4v) is 1.93. The van der Waals surface area contributed by atoms with E-state index in [1.54, 1.807) is 6.07 Å². The smallest absolute Gasteiger partial charge is 0.423 e. The Morgan fingerprint density at radius 2 is 2.06 bits per heavy atom. The second-order valence-electron chi connectivity index (χ2n) is 4.94. The zero-order chi connectivity index (χ0) is 13.7. The first-order chi connectivity index (χ1) is 8.43. The molecular weight excluding hydrogens is 232 g/mol. The van der Waals surface area contributed by atoms with Gasteiger partial charge in [-0.1, -0.05) is 32.4 Å². The molecule has 0 saturated carbocycles. The van der Waals surface area contributed by atoms with Gasteiger partial charge in [0.1, 0.15) is 5.82 Å². The number of benzene rings is 1. The monoisotopic (exact) mass is 253 g/mol. The summed E-state index contributed by atoms with van der Waals surface area (Å²) < 4.78 is 13.3. The van der Waals surface area contributed by atoms with E-state index in [-0.39, 0.29) is 5.46 Å². The average Bonchev–Trinajstić information content (AvgIpc) is 2.31. The van der Waals surface area contributed by atoms with Gasteiger partial charge in [-0.15, -0.1) is 0 Å². The Hall–Kier alpha value is -0.905. The van der Waals surface area contributed by atoms with Gasteiger partial charge in [0, 0.05) is 18.6 Å². The van der Waals surface area contributed by atoms with Crippen molar-refractivity contribution in [2.45, 2.75) is 26.8 Å². The van der Waals surface area contributed by atoms with Gasteiger partial charge in [-0.3, -0.25) is 0 Å². The summed E-state index contributed by atoms with van der Waals surface area (Å²) in [5.41, 5.74) is 0.815. The van der Waals surface area contributed by atoms with Gasteiger partial charge in [-0.05, 0) is 24.6 Å². The van der Waals surface area contributed by atoms with Crippen LogP contribution in [0.25, 0.3) is 0 Å². The van der Waals surface area contributed by atoms with Crippen LogP contribution in [0.15, 0.2) is 18.2 Å². The van der Waals surface area contributed by atoms with E-state index in [0.29, 0.717) is 12.5 Å². The summed E-state index contributed by atoms with van der Waals surface area (Å²) in [6.07, 6.45) is 1.12. The van der Waals surface area contributed by atoms with E-state index in [1.165, 1.54) is 12.1 Å². The van der Waals surface area contributed by atoms with Crippen LogP contribution in [0.3, 0.4) is 0 Å². The highest BCUT2D eigenvalue weighted by atomic mass is 19.1. The van der Waals surface area contributed by atoms with Crippen LogP contribution >= 0.6 is 0 Å². The molecule has 1 aromatic rings. The van der Waals surface area contributed by atoms with Crippen molar-refractivity contribution in [2.75, 3.05) is 13.6 Å². The van der Waals surface area contributed by atoms with Gasteiger partial charge in [-0.2, -0.15) is 0 Å². The molecule has 18 heavy (non-hydrogen) atoms. The van der Waals surface area contributed by atoms with E-state index in [0.717, 1.165) is 18.5 Å². The Balaban J connectivity index is 2.70. The Bertz CT molecular complexity index is 387. The maximum absolute atomic E-state index is 13.3. The zero-order valence-electron chi connectivity index (χ0n) is 11.2. The number of hydrogen-bond acceptors (Lipinski definition) is 3. The lowest BCUT2D eigenvalue weighted by atomic mass is 9.79. The van der Waals surface area contributed by atoms with Crippen LogP contribution in [0.1, 0.15) is 25.8 Å². The van der Waals surface area contributed by atoms with Gasteiger partial charge in [0.2, 0.25) is 0 Å². The van der Waals surface area contributed by atoms with Crippen molar-refractivity contribution in [1.82, 2.24) is 4.90 Å². The summed E-state index contributed by atoms with van der Waals surface area (Å²) >= 11 is 0. The molecule has 1 aromatic carbocycles. The van der Waals surface area contributed by atoms with E-state index in [2.05, 4.69) is 18.7 Å². The molecule has 5 heteroatoms. The lowest BCUT2D eigenvalue weighted by Gasteiger charge is -2.20. The molecule has 0 heterocycles. The quantitative estimate of drug-likeness (QED) is 0.743. The Kier molecular flexibility index (Phi) is 5.79. The maximum atomic E-state index is 13.3. The third-order valence-electron chi connectivity index (χ3n) is 3.11. The van der Waals surface area contributed by atoms with Crippen molar-refractivity contribution in [2.24, 2.45) is 5.92 Å². The van der Waals surface area contributed by atoms with Crippen LogP contribution in [0.4, 0.5) is 4.39 Å². The first-order valence-electron chi connectivity index (χ1n) is 6.27. The topological polar surface area (TPSA) is 43.7 Å². The van der Waals surface area contributed by atoms with E-state index in [9.17, 15) is 4.39 Å². The van der Waals surface area contributed by atoms with Gasteiger partial charge in [0.15, 0.2) is 0 Å². The van der Waals surface area contributed by atoms with Gasteiger partial charge in [0.05, 0.1) is 0 Å². The van der Waals surface area contributed by atoms with Crippen molar-refractivity contribution in [3.05, 3.63) is 29.6 Å². The van der Waals surface area contributed by atoms with Gasteiger partial charge in [-0.25, -0.2) is 4.39 Å². The first kappa shape index (κ1) is 15.2. The number of nitrogens with zero attached hydrogens (tertiary/aromatic N) is 1. The van der Waals surface area contributed by atoms with E-state index < -0.39 is 12.9 Å². The molecule has 2 N–H and O–H groups in total. The summed E-state index contributed by atoms with van der Waals surface area (Å²) in [5.74, 6) is 0.0247. The summed E-state index contributed by atoms with van der Waals surface area (Å²) in [7, 11) is 0.245. The fraction of sp³-hybridized carbons (Fsp3) is 0.538. The molecular formula is C13H21BFNO2. The number of hydrogen-bond donors (Lipinski definition) is 2. The molecule has 100 valence electrons. The molecule has 0 aliphatic rings. The molecule has 0 aliphatic carbocycles. The second kappa shape index (κ2) is 6.88. The molecule has 0 saturated heterocycles. The highest BCUT2D eigenvalue weighted by molar-refractivity contribution is 6.58. The van der Waals surface area contributed by atoms with Gasteiger partial charge in [0.25, 0.3) is 0 Å². The SMILES string of the molecule is CCC(C)CN(C)Cc1ccc(F)c(B(O)O)c1. The molecule has 0 aliphatic heterocycles. The molecule has 0 radical (unpaired) electrons. The lowest BCUT2D eigenvalue weighted by Crippen LogP contribution is -2.33. The lowest BCUT2D eigenvalue weighted by molar-refractivity contribution is 0.275. The third kappa shape index (κ3) is 4.40. The molecule has 0 bridgehead atoms. The molecule has 1 unspecified atom stereocenters. The average molecular weight is 253 g/mol. The van der Waals surface area contributed by atoms with Crippen LogP contribution in [0, 0.1) is 11.7 Å². The Morgan fingerprint density at radius 3 is 2.61 bits per heavy atom. The predicted octanol–water partition coefficient (Wildman–Crippen LogP) is 0.983. The molecule has 3 nitrogen and oxygen atoms in total. The minimum atomic E-state index is -1.76. The van der Waals surface area contributed by atoms with Crippen molar-refractivity contribution in [3.8, 4) is 0 Å². The highest BCUT2D eigenvalue weighted by Crippen LogP contribution is 2.08. The predicted molar refractivity (Wildman–Crippen MR) is 72.0 cm³/mol. The standard InChI is InChI=1S/C13H21BFNO2/c1-4-10(2)8-16(3)9-11-5-6-13(15)12(7-11)14(17)18/h5-7,10,17-18H,4,8-9H2,1-3H3. The van der Waals surface area contributed by atoms with Crippen LogP contribution in [-0.2, 0) is 6.54 Å². The summed E-state index contributed by atoms with van der Waals surface area (Å²) in [6.45, 7) is 5.97. The highest BCUT2D eigenvalue weighted by Gasteiger charge is 2.17. The molecule has 0 aromatic heterocycles. The van der Waals surface area contributed by atoms with Crippen LogP contribution < -0.4 is 5.46 Å². The van der Waals surface area contributed by atoms with Crippen LogP contribution in [0.5, 0.6) is 0 Å². The van der Waals surface area contributed by atoms with E-state index in [1.807, 2.05) is 7.05 Å². The summed E-state index contributed by atoms with van der Waals surface area (Å²) in [5, 5.41) is 18.1. The number of halogens is 1. The first-order valence-corrected chi connectivity index (χ1v) is 6.27. The summed E-state index contributed by atoms with van der Waals surface area (Å²) in [4.78, 5) is 2.15. The molecule has 0 spiro atoms. The molecule has 1 rings (SSSR count). The zero-order valence-corrected chi connectivity index (χ0v) is 11.2. The second-order valence-corrected chi connectivity index (χ2v) is 4.94. The van der Waals surface area contributed by atoms with Crippen molar-refractivity contribution >= 4 is 12.6 Å². The maximum Gasteiger partial charge on any atom is 0.491 e. The summed E-state index contributed by atoms with van der Waals surface area (Å²) in [6, 6.07) is 4.46. The van der Waals surface area contributed by atoms with Crippen molar-refractivity contribution in [1.29, 1.82) is 0 Å². The normalized spacial score (nSPS) is 12.8. The van der Waals surface area contributed by atoms with Crippen molar-refractivity contribution < 1.29 is 14.4 Å². The largest absolute Gasteiger partial charge is 0.491 e. The van der Waals surface area contributed by atoms with Crippen LogP contribution in [-0.4, -0.2) is 35.7 Å². The number of rotatable bonds is 6. The molecule has 0 fully saturated rings. The van der Waals surface area contributed by atoms with E-state index in [4.69, 9.17) is 10.0 Å². The van der Waals surface area contributed by atoms with Crippen LogP contribution in [0.2, 0.25) is 0 Å². The third-order valence-corrected chi connectivity index (χ3v) is 3.11. The Morgan fingerprint density at radius 1 is 1.39 bits per heavy atom. The van der Waals surface area contributed by atoms with E-state index >= 15 is 0 Å². The Labute approximate surface area is 108 Å². The molecule has 1 atom stereocenters. The van der Waals surface area contributed by atoms with Gasteiger partial charge < -0.3 is 14.9 Å².